The van der Waals surface area contributed by atoms with Crippen LogP contribution in [0.4, 0.5) is 0 Å². The third-order valence-electron chi connectivity index (χ3n) is 2.13. The van der Waals surface area contributed by atoms with Gasteiger partial charge < -0.3 is 5.32 Å². The number of hydrogen-bond donors (Lipinski definition) is 1. The zero-order valence-corrected chi connectivity index (χ0v) is 9.57. The SMILES string of the molecule is O=C(CCl)NCc1ccc2sccc2c1. The van der Waals surface area contributed by atoms with E-state index in [4.69, 9.17) is 11.6 Å². The average Bonchev–Trinajstić information content (AvgIpc) is 2.72. The maximum atomic E-state index is 11.0. The maximum absolute atomic E-state index is 11.0. The molecule has 2 aromatic rings. The molecule has 0 spiro atoms. The van der Waals surface area contributed by atoms with Crippen molar-refractivity contribution in [2.24, 2.45) is 0 Å². The molecule has 1 aromatic carbocycles. The van der Waals surface area contributed by atoms with Crippen LogP contribution in [0.15, 0.2) is 29.6 Å². The molecule has 1 N–H and O–H groups in total. The minimum atomic E-state index is -0.137. The van der Waals surface area contributed by atoms with Gasteiger partial charge in [0.1, 0.15) is 5.88 Å². The lowest BCUT2D eigenvalue weighted by molar-refractivity contribution is -0.118. The van der Waals surface area contributed by atoms with Crippen LogP contribution in [0.25, 0.3) is 10.1 Å². The second-order valence-corrected chi connectivity index (χ2v) is 4.42. The summed E-state index contributed by atoms with van der Waals surface area (Å²) in [7, 11) is 0. The van der Waals surface area contributed by atoms with Crippen molar-refractivity contribution in [2.75, 3.05) is 5.88 Å². The Hall–Kier alpha value is -1.06. The molecule has 0 aliphatic carbocycles. The fraction of sp³-hybridized carbons (Fsp3) is 0.182. The molecule has 2 nitrogen and oxygen atoms in total. The number of hydrogen-bond acceptors (Lipinski definition) is 2. The first-order chi connectivity index (χ1) is 7.29. The first-order valence-corrected chi connectivity index (χ1v) is 6.00. The summed E-state index contributed by atoms with van der Waals surface area (Å²) in [5, 5.41) is 6.02. The summed E-state index contributed by atoms with van der Waals surface area (Å²) in [5.74, 6) is -0.122. The molecule has 2 rings (SSSR count). The molecule has 0 radical (unpaired) electrons. The second kappa shape index (κ2) is 4.64. The second-order valence-electron chi connectivity index (χ2n) is 3.20. The zero-order valence-electron chi connectivity index (χ0n) is 8.00. The summed E-state index contributed by atoms with van der Waals surface area (Å²) >= 11 is 7.10. The van der Waals surface area contributed by atoms with Crippen molar-refractivity contribution in [3.8, 4) is 0 Å². The molecule has 0 unspecified atom stereocenters. The van der Waals surface area contributed by atoms with Gasteiger partial charge in [-0.15, -0.1) is 22.9 Å². The molecule has 78 valence electrons. The lowest BCUT2D eigenvalue weighted by Crippen LogP contribution is -2.23. The minimum Gasteiger partial charge on any atom is -0.351 e. The van der Waals surface area contributed by atoms with Crippen molar-refractivity contribution in [1.29, 1.82) is 0 Å². The molecular formula is C11H10ClNOS. The van der Waals surface area contributed by atoms with Crippen molar-refractivity contribution in [1.82, 2.24) is 5.32 Å². The Labute approximate surface area is 96.9 Å². The first kappa shape index (κ1) is 10.5. The predicted octanol–water partition coefficient (Wildman–Crippen LogP) is 2.76. The molecule has 0 saturated carbocycles. The van der Waals surface area contributed by atoms with Gasteiger partial charge in [-0.2, -0.15) is 0 Å². The van der Waals surface area contributed by atoms with Crippen molar-refractivity contribution in [3.63, 3.8) is 0 Å². The zero-order chi connectivity index (χ0) is 10.7. The number of alkyl halides is 1. The van der Waals surface area contributed by atoms with Crippen molar-refractivity contribution < 1.29 is 4.79 Å². The molecule has 0 atom stereocenters. The number of nitrogens with one attached hydrogen (secondary N) is 1. The highest BCUT2D eigenvalue weighted by molar-refractivity contribution is 7.17. The van der Waals surface area contributed by atoms with Gasteiger partial charge in [0.15, 0.2) is 0 Å². The Bertz CT molecular complexity index is 480. The van der Waals surface area contributed by atoms with Gasteiger partial charge in [0.2, 0.25) is 5.91 Å². The van der Waals surface area contributed by atoms with E-state index in [-0.39, 0.29) is 11.8 Å². The third kappa shape index (κ3) is 2.49. The van der Waals surface area contributed by atoms with Gasteiger partial charge in [-0.1, -0.05) is 6.07 Å². The van der Waals surface area contributed by atoms with Gasteiger partial charge in [0.25, 0.3) is 0 Å². The quantitative estimate of drug-likeness (QED) is 0.820. The number of thiophene rings is 1. The van der Waals surface area contributed by atoms with Crippen LogP contribution in [0.5, 0.6) is 0 Å². The molecular weight excluding hydrogens is 230 g/mol. The van der Waals surface area contributed by atoms with E-state index in [0.717, 1.165) is 5.56 Å². The van der Waals surface area contributed by atoms with Gasteiger partial charge in [-0.05, 0) is 34.5 Å². The summed E-state index contributed by atoms with van der Waals surface area (Å²) in [6, 6.07) is 8.25. The summed E-state index contributed by atoms with van der Waals surface area (Å²) < 4.78 is 1.27. The van der Waals surface area contributed by atoms with E-state index in [1.807, 2.05) is 6.07 Å². The van der Waals surface area contributed by atoms with E-state index in [0.29, 0.717) is 6.54 Å². The molecule has 1 heterocycles. The number of amides is 1. The fourth-order valence-corrected chi connectivity index (χ4v) is 2.24. The molecule has 1 aromatic heterocycles. The van der Waals surface area contributed by atoms with Crippen molar-refractivity contribution in [3.05, 3.63) is 35.2 Å². The molecule has 0 fully saturated rings. The number of benzene rings is 1. The normalized spacial score (nSPS) is 10.5. The third-order valence-corrected chi connectivity index (χ3v) is 3.27. The van der Waals surface area contributed by atoms with Crippen LogP contribution in [0.1, 0.15) is 5.56 Å². The van der Waals surface area contributed by atoms with E-state index in [1.54, 1.807) is 11.3 Å². The van der Waals surface area contributed by atoms with Crippen LogP contribution in [0, 0.1) is 0 Å². The van der Waals surface area contributed by atoms with Crippen LogP contribution in [-0.4, -0.2) is 11.8 Å². The van der Waals surface area contributed by atoms with Crippen LogP contribution in [-0.2, 0) is 11.3 Å². The minimum absolute atomic E-state index is 0.0146. The van der Waals surface area contributed by atoms with Gasteiger partial charge in [-0.25, -0.2) is 0 Å². The van der Waals surface area contributed by atoms with Crippen molar-refractivity contribution in [2.45, 2.75) is 6.54 Å². The molecule has 4 heteroatoms. The van der Waals surface area contributed by atoms with Crippen LogP contribution in [0.2, 0.25) is 0 Å². The predicted molar refractivity (Wildman–Crippen MR) is 64.4 cm³/mol. The summed E-state index contributed by atoms with van der Waals surface area (Å²) in [4.78, 5) is 11.0. The number of halogens is 1. The summed E-state index contributed by atoms with van der Waals surface area (Å²) in [5.41, 5.74) is 1.10. The van der Waals surface area contributed by atoms with E-state index >= 15 is 0 Å². The monoisotopic (exact) mass is 239 g/mol. The molecule has 0 bridgehead atoms. The Balaban J connectivity index is 2.11. The van der Waals surface area contributed by atoms with Gasteiger partial charge in [0.05, 0.1) is 0 Å². The molecule has 0 aliphatic rings. The highest BCUT2D eigenvalue weighted by atomic mass is 35.5. The Kier molecular flexibility index (Phi) is 3.23. The lowest BCUT2D eigenvalue weighted by Gasteiger charge is -2.03. The molecule has 0 aliphatic heterocycles. The Morgan fingerprint density at radius 1 is 1.40 bits per heavy atom. The largest absolute Gasteiger partial charge is 0.351 e. The van der Waals surface area contributed by atoms with E-state index in [9.17, 15) is 4.79 Å². The molecule has 1 amide bonds. The fourth-order valence-electron chi connectivity index (χ4n) is 1.37. The standard InChI is InChI=1S/C11H10ClNOS/c12-6-11(14)13-7-8-1-2-10-9(5-8)3-4-15-10/h1-5H,6-7H2,(H,13,14). The van der Waals surface area contributed by atoms with Crippen LogP contribution >= 0.6 is 22.9 Å². The summed E-state index contributed by atoms with van der Waals surface area (Å²) in [6.45, 7) is 0.539. The van der Waals surface area contributed by atoms with E-state index in [2.05, 4.69) is 28.9 Å². The smallest absolute Gasteiger partial charge is 0.235 e. The number of carbonyl (C=O) groups excluding carboxylic acids is 1. The highest BCUT2D eigenvalue weighted by Crippen LogP contribution is 2.21. The number of fused-ring (bicyclic) bond motifs is 1. The topological polar surface area (TPSA) is 29.1 Å². The lowest BCUT2D eigenvalue weighted by atomic mass is 10.2. The number of carbonyl (C=O) groups is 1. The molecule has 15 heavy (non-hydrogen) atoms. The summed E-state index contributed by atoms with van der Waals surface area (Å²) in [6.07, 6.45) is 0. The van der Waals surface area contributed by atoms with Gasteiger partial charge >= 0.3 is 0 Å². The van der Waals surface area contributed by atoms with E-state index < -0.39 is 0 Å². The number of rotatable bonds is 3. The van der Waals surface area contributed by atoms with Gasteiger partial charge in [0, 0.05) is 11.2 Å². The van der Waals surface area contributed by atoms with E-state index in [1.165, 1.54) is 10.1 Å². The van der Waals surface area contributed by atoms with Crippen molar-refractivity contribution >= 4 is 38.9 Å². The van der Waals surface area contributed by atoms with Gasteiger partial charge in [-0.3, -0.25) is 4.79 Å². The first-order valence-electron chi connectivity index (χ1n) is 4.58. The Morgan fingerprint density at radius 3 is 3.07 bits per heavy atom. The van der Waals surface area contributed by atoms with Crippen LogP contribution in [0.3, 0.4) is 0 Å². The average molecular weight is 240 g/mol. The molecule has 0 saturated heterocycles. The van der Waals surface area contributed by atoms with Crippen LogP contribution < -0.4 is 5.32 Å². The highest BCUT2D eigenvalue weighted by Gasteiger charge is 2.00. The maximum Gasteiger partial charge on any atom is 0.235 e. The Morgan fingerprint density at radius 2 is 2.27 bits per heavy atom.